The Morgan fingerprint density at radius 2 is 1.93 bits per heavy atom. The van der Waals surface area contributed by atoms with Crippen LogP contribution >= 0.6 is 11.6 Å². The van der Waals surface area contributed by atoms with Gasteiger partial charge in [-0.05, 0) is 30.3 Å². The molecule has 3 rings (SSSR count). The summed E-state index contributed by atoms with van der Waals surface area (Å²) in [6.45, 7) is 0.00766. The van der Waals surface area contributed by atoms with Crippen LogP contribution in [0.2, 0.25) is 5.02 Å². The molecule has 2 aromatic carbocycles. The van der Waals surface area contributed by atoms with E-state index in [0.29, 0.717) is 5.69 Å². The summed E-state index contributed by atoms with van der Waals surface area (Å²) < 4.78 is 13.1. The van der Waals surface area contributed by atoms with E-state index in [1.54, 1.807) is 17.0 Å². The molecule has 1 fully saturated rings. The number of nitrogens with one attached hydrogen (secondary N) is 2. The fourth-order valence-corrected chi connectivity index (χ4v) is 3.01. The quantitative estimate of drug-likeness (QED) is 0.825. The summed E-state index contributed by atoms with van der Waals surface area (Å²) in [5, 5.41) is 4.93. The first-order chi connectivity index (χ1) is 12.9. The minimum Gasteiger partial charge on any atom is -0.347 e. The first-order valence-electron chi connectivity index (χ1n) is 8.32. The predicted octanol–water partition coefficient (Wildman–Crippen LogP) is 2.59. The summed E-state index contributed by atoms with van der Waals surface area (Å²) in [6.07, 6.45) is 0.0932. The second-order valence-electron chi connectivity index (χ2n) is 6.14. The van der Waals surface area contributed by atoms with Gasteiger partial charge in [-0.2, -0.15) is 0 Å². The highest BCUT2D eigenvalue weighted by atomic mass is 35.5. The van der Waals surface area contributed by atoms with E-state index < -0.39 is 17.6 Å². The van der Waals surface area contributed by atoms with Crippen molar-refractivity contribution in [2.75, 3.05) is 23.3 Å². The van der Waals surface area contributed by atoms with Crippen molar-refractivity contribution in [1.82, 2.24) is 5.32 Å². The van der Waals surface area contributed by atoms with Gasteiger partial charge in [0.25, 0.3) is 0 Å². The lowest BCUT2D eigenvalue weighted by Gasteiger charge is -2.16. The van der Waals surface area contributed by atoms with E-state index in [9.17, 15) is 18.8 Å². The summed E-state index contributed by atoms with van der Waals surface area (Å²) in [4.78, 5) is 37.9. The Balaban J connectivity index is 1.51. The third kappa shape index (κ3) is 4.62. The normalized spacial score (nSPS) is 16.3. The van der Waals surface area contributed by atoms with Crippen LogP contribution < -0.4 is 15.5 Å². The number of para-hydroxylation sites is 1. The monoisotopic (exact) mass is 389 g/mol. The van der Waals surface area contributed by atoms with Crippen molar-refractivity contribution >= 4 is 40.7 Å². The van der Waals surface area contributed by atoms with Gasteiger partial charge in [0.05, 0.1) is 17.5 Å². The fraction of sp³-hybridized carbons (Fsp3) is 0.211. The standard InChI is InChI=1S/C19H17ClFN3O3/c20-15-9-13(6-7-16(15)21)23-17(25)10-22-19(27)12-8-18(26)24(11-12)14-4-2-1-3-5-14/h1-7,9,12H,8,10-11H2,(H,22,27)(H,23,25). The van der Waals surface area contributed by atoms with E-state index in [2.05, 4.69) is 10.6 Å². The maximum atomic E-state index is 13.1. The van der Waals surface area contributed by atoms with Crippen molar-refractivity contribution in [3.8, 4) is 0 Å². The van der Waals surface area contributed by atoms with E-state index >= 15 is 0 Å². The lowest BCUT2D eigenvalue weighted by Crippen LogP contribution is -2.37. The average Bonchev–Trinajstić information content (AvgIpc) is 3.05. The lowest BCUT2D eigenvalue weighted by atomic mass is 10.1. The van der Waals surface area contributed by atoms with Crippen LogP contribution in [0, 0.1) is 11.7 Å². The minimum atomic E-state index is -0.586. The van der Waals surface area contributed by atoms with Crippen molar-refractivity contribution in [2.45, 2.75) is 6.42 Å². The Morgan fingerprint density at radius 3 is 2.63 bits per heavy atom. The van der Waals surface area contributed by atoms with Crippen LogP contribution in [0.3, 0.4) is 0 Å². The van der Waals surface area contributed by atoms with Crippen molar-refractivity contribution in [2.24, 2.45) is 5.92 Å². The maximum Gasteiger partial charge on any atom is 0.243 e. The molecular weight excluding hydrogens is 373 g/mol. The number of nitrogens with zero attached hydrogens (tertiary/aromatic N) is 1. The molecule has 0 radical (unpaired) electrons. The molecule has 1 heterocycles. The van der Waals surface area contributed by atoms with Crippen LogP contribution in [-0.2, 0) is 14.4 Å². The van der Waals surface area contributed by atoms with Crippen LogP contribution in [0.25, 0.3) is 0 Å². The maximum absolute atomic E-state index is 13.1. The van der Waals surface area contributed by atoms with Gasteiger partial charge in [-0.15, -0.1) is 0 Å². The molecule has 27 heavy (non-hydrogen) atoms. The number of benzene rings is 2. The fourth-order valence-electron chi connectivity index (χ4n) is 2.83. The number of hydrogen-bond donors (Lipinski definition) is 2. The van der Waals surface area contributed by atoms with Gasteiger partial charge in [0.15, 0.2) is 0 Å². The summed E-state index contributed by atoms with van der Waals surface area (Å²) >= 11 is 5.66. The van der Waals surface area contributed by atoms with Crippen LogP contribution in [0.5, 0.6) is 0 Å². The molecule has 2 N–H and O–H groups in total. The molecule has 140 valence electrons. The van der Waals surface area contributed by atoms with Gasteiger partial charge in [0.2, 0.25) is 17.7 Å². The molecule has 8 heteroatoms. The van der Waals surface area contributed by atoms with Crippen molar-refractivity contribution in [3.63, 3.8) is 0 Å². The largest absolute Gasteiger partial charge is 0.347 e. The van der Waals surface area contributed by atoms with Crippen LogP contribution in [-0.4, -0.2) is 30.8 Å². The topological polar surface area (TPSA) is 78.5 Å². The van der Waals surface area contributed by atoms with E-state index in [0.717, 1.165) is 11.8 Å². The minimum absolute atomic E-state index is 0.0932. The Morgan fingerprint density at radius 1 is 1.19 bits per heavy atom. The van der Waals surface area contributed by atoms with Crippen molar-refractivity contribution in [3.05, 3.63) is 59.4 Å². The molecule has 2 aromatic rings. The summed E-state index contributed by atoms with van der Waals surface area (Å²) in [6, 6.07) is 12.9. The molecule has 1 atom stereocenters. The highest BCUT2D eigenvalue weighted by Crippen LogP contribution is 2.24. The Bertz CT molecular complexity index is 876. The van der Waals surface area contributed by atoms with Crippen LogP contribution in [0.15, 0.2) is 48.5 Å². The van der Waals surface area contributed by atoms with Gasteiger partial charge in [0, 0.05) is 24.3 Å². The first-order valence-corrected chi connectivity index (χ1v) is 8.70. The summed E-state index contributed by atoms with van der Waals surface area (Å²) in [7, 11) is 0. The third-order valence-corrected chi connectivity index (χ3v) is 4.48. The highest BCUT2D eigenvalue weighted by Gasteiger charge is 2.35. The van der Waals surface area contributed by atoms with Crippen molar-refractivity contribution in [1.29, 1.82) is 0 Å². The molecule has 0 bridgehead atoms. The Hall–Kier alpha value is -2.93. The molecule has 1 aliphatic heterocycles. The zero-order valence-corrected chi connectivity index (χ0v) is 15.0. The summed E-state index contributed by atoms with van der Waals surface area (Å²) in [5.74, 6) is -2.08. The van der Waals surface area contributed by atoms with Gasteiger partial charge in [-0.1, -0.05) is 29.8 Å². The Kier molecular flexibility index (Phi) is 5.71. The van der Waals surface area contributed by atoms with Gasteiger partial charge < -0.3 is 15.5 Å². The molecule has 1 saturated heterocycles. The molecule has 1 aliphatic rings. The number of amides is 3. The first kappa shape index (κ1) is 18.8. The van der Waals surface area contributed by atoms with Crippen LogP contribution in [0.4, 0.5) is 15.8 Å². The third-order valence-electron chi connectivity index (χ3n) is 4.19. The molecule has 0 aromatic heterocycles. The number of rotatable bonds is 5. The zero-order valence-electron chi connectivity index (χ0n) is 14.2. The molecule has 1 unspecified atom stereocenters. The molecule has 3 amide bonds. The molecule has 0 aliphatic carbocycles. The predicted molar refractivity (Wildman–Crippen MR) is 100.0 cm³/mol. The lowest BCUT2D eigenvalue weighted by molar-refractivity contribution is -0.127. The van der Waals surface area contributed by atoms with Gasteiger partial charge in [-0.3, -0.25) is 14.4 Å². The van der Waals surface area contributed by atoms with E-state index in [-0.39, 0.29) is 36.3 Å². The van der Waals surface area contributed by atoms with Crippen LogP contribution in [0.1, 0.15) is 6.42 Å². The van der Waals surface area contributed by atoms with Gasteiger partial charge in [-0.25, -0.2) is 4.39 Å². The Labute approximate surface area is 160 Å². The number of carbonyl (C=O) groups is 3. The number of anilines is 2. The molecule has 0 saturated carbocycles. The van der Waals surface area contributed by atoms with Gasteiger partial charge in [0.1, 0.15) is 5.82 Å². The molecule has 6 nitrogen and oxygen atoms in total. The second kappa shape index (κ2) is 8.18. The second-order valence-corrected chi connectivity index (χ2v) is 6.54. The molecular formula is C19H17ClFN3O3. The molecule has 0 spiro atoms. The smallest absolute Gasteiger partial charge is 0.243 e. The number of carbonyl (C=O) groups excluding carboxylic acids is 3. The van der Waals surface area contributed by atoms with Crippen molar-refractivity contribution < 1.29 is 18.8 Å². The van der Waals surface area contributed by atoms with Gasteiger partial charge >= 0.3 is 0 Å². The van der Waals surface area contributed by atoms with E-state index in [4.69, 9.17) is 11.6 Å². The SMILES string of the molecule is O=C(CNC(=O)C1CC(=O)N(c2ccccc2)C1)Nc1ccc(F)c(Cl)c1. The summed E-state index contributed by atoms with van der Waals surface area (Å²) in [5.41, 5.74) is 1.07. The van der Waals surface area contributed by atoms with E-state index in [1.165, 1.54) is 12.1 Å². The average molecular weight is 390 g/mol. The highest BCUT2D eigenvalue weighted by molar-refractivity contribution is 6.31. The van der Waals surface area contributed by atoms with E-state index in [1.807, 2.05) is 18.2 Å². The number of halogens is 2. The number of hydrogen-bond acceptors (Lipinski definition) is 3. The zero-order chi connectivity index (χ0) is 19.4.